The van der Waals surface area contributed by atoms with Crippen molar-refractivity contribution in [3.63, 3.8) is 0 Å². The van der Waals surface area contributed by atoms with E-state index >= 15 is 0 Å². The maximum Gasteiger partial charge on any atom is 0.434 e. The van der Waals surface area contributed by atoms with E-state index in [1.165, 1.54) is 44.3 Å². The number of aromatic nitrogens is 2. The molecule has 8 nitrogen and oxygen atoms in total. The number of esters is 1. The molecule has 2 amide bonds. The maximum atomic E-state index is 13.8. The van der Waals surface area contributed by atoms with Gasteiger partial charge in [-0.2, -0.15) is 18.3 Å². The summed E-state index contributed by atoms with van der Waals surface area (Å²) in [5.74, 6) is -3.26. The zero-order chi connectivity index (χ0) is 25.0. The SMILES string of the molecule is CCOC(=O)c1cnn(-c2ccc(C(=O)Nc3ccc(F)c(C(=O)NC)c3)cc2)c1C(F)(F)F. The number of nitrogens with one attached hydrogen (secondary N) is 2. The smallest absolute Gasteiger partial charge is 0.434 e. The number of alkyl halides is 3. The molecule has 1 heterocycles. The fraction of sp³-hybridized carbons (Fsp3) is 0.182. The van der Waals surface area contributed by atoms with Crippen molar-refractivity contribution in [2.45, 2.75) is 13.1 Å². The Balaban J connectivity index is 1.87. The zero-order valence-electron chi connectivity index (χ0n) is 17.9. The number of halogens is 4. The first-order chi connectivity index (χ1) is 16.1. The molecular weight excluding hydrogens is 460 g/mol. The zero-order valence-corrected chi connectivity index (χ0v) is 17.9. The van der Waals surface area contributed by atoms with Gasteiger partial charge in [0.2, 0.25) is 0 Å². The van der Waals surface area contributed by atoms with Crippen LogP contribution in [0.2, 0.25) is 0 Å². The average Bonchev–Trinajstić information content (AvgIpc) is 3.26. The first-order valence-electron chi connectivity index (χ1n) is 9.82. The number of anilines is 1. The lowest BCUT2D eigenvalue weighted by atomic mass is 10.1. The molecule has 178 valence electrons. The molecule has 2 aromatic carbocycles. The second-order valence-corrected chi connectivity index (χ2v) is 6.81. The first kappa shape index (κ1) is 24.4. The summed E-state index contributed by atoms with van der Waals surface area (Å²) in [7, 11) is 1.33. The summed E-state index contributed by atoms with van der Waals surface area (Å²) in [6.45, 7) is 1.36. The van der Waals surface area contributed by atoms with Crippen molar-refractivity contribution < 1.29 is 36.7 Å². The van der Waals surface area contributed by atoms with Gasteiger partial charge in [0.25, 0.3) is 11.8 Å². The highest BCUT2D eigenvalue weighted by Gasteiger charge is 2.41. The Morgan fingerprint density at radius 3 is 2.29 bits per heavy atom. The van der Waals surface area contributed by atoms with E-state index in [0.717, 1.165) is 18.3 Å². The lowest BCUT2D eigenvalue weighted by Gasteiger charge is -2.13. The van der Waals surface area contributed by atoms with Gasteiger partial charge < -0.3 is 15.4 Å². The van der Waals surface area contributed by atoms with Crippen LogP contribution in [0, 0.1) is 5.82 Å². The van der Waals surface area contributed by atoms with Crippen LogP contribution in [0.1, 0.15) is 43.7 Å². The minimum Gasteiger partial charge on any atom is -0.462 e. The average molecular weight is 478 g/mol. The highest BCUT2D eigenvalue weighted by atomic mass is 19.4. The van der Waals surface area contributed by atoms with Crippen LogP contribution in [-0.4, -0.2) is 41.2 Å². The van der Waals surface area contributed by atoms with E-state index in [1.54, 1.807) is 0 Å². The van der Waals surface area contributed by atoms with E-state index in [9.17, 15) is 31.9 Å². The molecule has 0 saturated heterocycles. The van der Waals surface area contributed by atoms with Crippen LogP contribution in [0.15, 0.2) is 48.7 Å². The number of rotatable bonds is 6. The molecule has 0 aliphatic carbocycles. The van der Waals surface area contributed by atoms with Crippen molar-refractivity contribution in [3.8, 4) is 5.69 Å². The summed E-state index contributed by atoms with van der Waals surface area (Å²) >= 11 is 0. The molecule has 34 heavy (non-hydrogen) atoms. The van der Waals surface area contributed by atoms with Gasteiger partial charge in [0, 0.05) is 18.3 Å². The van der Waals surface area contributed by atoms with Crippen LogP contribution in [-0.2, 0) is 10.9 Å². The van der Waals surface area contributed by atoms with Crippen molar-refractivity contribution in [2.75, 3.05) is 19.0 Å². The predicted molar refractivity (Wildman–Crippen MR) is 112 cm³/mol. The van der Waals surface area contributed by atoms with Gasteiger partial charge in [-0.3, -0.25) is 9.59 Å². The quantitative estimate of drug-likeness (QED) is 0.414. The minimum absolute atomic E-state index is 0.0527. The van der Waals surface area contributed by atoms with Gasteiger partial charge in [-0.05, 0) is 49.4 Å². The van der Waals surface area contributed by atoms with Gasteiger partial charge in [-0.15, -0.1) is 0 Å². The third-order valence-corrected chi connectivity index (χ3v) is 4.60. The predicted octanol–water partition coefficient (Wildman–Crippen LogP) is 3.82. The van der Waals surface area contributed by atoms with Gasteiger partial charge >= 0.3 is 12.1 Å². The number of benzene rings is 2. The molecule has 12 heteroatoms. The van der Waals surface area contributed by atoms with Crippen molar-refractivity contribution in [2.24, 2.45) is 0 Å². The molecule has 0 spiro atoms. The van der Waals surface area contributed by atoms with E-state index in [1.807, 2.05) is 0 Å². The van der Waals surface area contributed by atoms with Gasteiger partial charge in [0.15, 0.2) is 5.69 Å². The molecule has 0 saturated carbocycles. The van der Waals surface area contributed by atoms with Crippen molar-refractivity contribution in [1.29, 1.82) is 0 Å². The minimum atomic E-state index is -4.90. The molecule has 0 atom stereocenters. The largest absolute Gasteiger partial charge is 0.462 e. The normalized spacial score (nSPS) is 11.1. The number of ether oxygens (including phenoxy) is 1. The van der Waals surface area contributed by atoms with Gasteiger partial charge in [-0.1, -0.05) is 0 Å². The van der Waals surface area contributed by atoms with Crippen LogP contribution in [0.4, 0.5) is 23.2 Å². The fourth-order valence-corrected chi connectivity index (χ4v) is 3.04. The Hall–Kier alpha value is -4.22. The van der Waals surface area contributed by atoms with E-state index in [0.29, 0.717) is 4.68 Å². The molecule has 0 bridgehead atoms. The highest BCUT2D eigenvalue weighted by Crippen LogP contribution is 2.34. The summed E-state index contributed by atoms with van der Waals surface area (Å²) in [6.07, 6.45) is -4.14. The van der Waals surface area contributed by atoms with Gasteiger partial charge in [0.05, 0.1) is 24.1 Å². The molecule has 2 N–H and O–H groups in total. The standard InChI is InChI=1S/C22H18F4N4O4/c1-3-34-21(33)16-11-28-30(18(16)22(24,25)26)14-7-4-12(5-8-14)19(31)29-13-6-9-17(23)15(10-13)20(32)27-2/h4-11H,3H2,1-2H3,(H,27,32)(H,29,31). The number of hydrogen-bond donors (Lipinski definition) is 2. The van der Waals surface area contributed by atoms with Gasteiger partial charge in [-0.25, -0.2) is 13.9 Å². The third kappa shape index (κ3) is 5.05. The van der Waals surface area contributed by atoms with Gasteiger partial charge in [0.1, 0.15) is 11.4 Å². The molecule has 1 aromatic heterocycles. The number of amides is 2. The summed E-state index contributed by atoms with van der Waals surface area (Å²) in [4.78, 5) is 36.1. The summed E-state index contributed by atoms with van der Waals surface area (Å²) < 4.78 is 59.9. The van der Waals surface area contributed by atoms with Crippen molar-refractivity contribution in [1.82, 2.24) is 15.1 Å². The van der Waals surface area contributed by atoms with Crippen LogP contribution in [0.25, 0.3) is 5.69 Å². The van der Waals surface area contributed by atoms with E-state index in [-0.39, 0.29) is 29.1 Å². The third-order valence-electron chi connectivity index (χ3n) is 4.60. The van der Waals surface area contributed by atoms with Crippen LogP contribution in [0.5, 0.6) is 0 Å². The molecule has 0 aliphatic rings. The highest BCUT2D eigenvalue weighted by molar-refractivity contribution is 6.05. The number of carbonyl (C=O) groups excluding carboxylic acids is 3. The first-order valence-corrected chi connectivity index (χ1v) is 9.82. The molecule has 0 aliphatic heterocycles. The maximum absolute atomic E-state index is 13.8. The number of hydrogen-bond acceptors (Lipinski definition) is 5. The van der Waals surface area contributed by atoms with E-state index in [2.05, 4.69) is 20.5 Å². The molecule has 0 fully saturated rings. The lowest BCUT2D eigenvalue weighted by molar-refractivity contribution is -0.143. The number of nitrogens with zero attached hydrogens (tertiary/aromatic N) is 2. The molecule has 0 unspecified atom stereocenters. The fourth-order valence-electron chi connectivity index (χ4n) is 3.04. The van der Waals surface area contributed by atoms with E-state index in [4.69, 9.17) is 0 Å². The second-order valence-electron chi connectivity index (χ2n) is 6.81. The summed E-state index contributed by atoms with van der Waals surface area (Å²) in [5, 5.41) is 8.42. The molecular formula is C22H18F4N4O4. The van der Waals surface area contributed by atoms with Crippen LogP contribution in [0.3, 0.4) is 0 Å². The topological polar surface area (TPSA) is 102 Å². The Kier molecular flexibility index (Phi) is 6.99. The van der Waals surface area contributed by atoms with Crippen molar-refractivity contribution >= 4 is 23.5 Å². The second kappa shape index (κ2) is 9.73. The summed E-state index contributed by atoms with van der Waals surface area (Å²) in [6, 6.07) is 8.35. The van der Waals surface area contributed by atoms with Crippen LogP contribution >= 0.6 is 0 Å². The number of carbonyl (C=O) groups is 3. The Morgan fingerprint density at radius 1 is 1.03 bits per heavy atom. The Labute approximate surface area is 190 Å². The van der Waals surface area contributed by atoms with Crippen LogP contribution < -0.4 is 10.6 Å². The monoisotopic (exact) mass is 478 g/mol. The van der Waals surface area contributed by atoms with Crippen molar-refractivity contribution in [3.05, 3.63) is 76.9 Å². The molecule has 3 rings (SSSR count). The summed E-state index contributed by atoms with van der Waals surface area (Å²) in [5.41, 5.74) is -2.16. The Morgan fingerprint density at radius 2 is 1.71 bits per heavy atom. The molecule has 0 radical (unpaired) electrons. The lowest BCUT2D eigenvalue weighted by Crippen LogP contribution is -2.20. The van der Waals surface area contributed by atoms with E-state index < -0.39 is 41.0 Å². The molecule has 3 aromatic rings. The Bertz CT molecular complexity index is 1240.